The summed E-state index contributed by atoms with van der Waals surface area (Å²) in [5.41, 5.74) is 1.93. The molecule has 3 rings (SSSR count). The van der Waals surface area contributed by atoms with E-state index in [0.29, 0.717) is 12.6 Å². The molecule has 0 radical (unpaired) electrons. The van der Waals surface area contributed by atoms with Gasteiger partial charge in [-0.15, -0.1) is 0 Å². The molecule has 1 fully saturated rings. The Morgan fingerprint density at radius 2 is 2.26 bits per heavy atom. The van der Waals surface area contributed by atoms with Gasteiger partial charge in [-0.05, 0) is 37.5 Å². The van der Waals surface area contributed by atoms with E-state index in [0.717, 1.165) is 17.2 Å². The van der Waals surface area contributed by atoms with Gasteiger partial charge in [-0.25, -0.2) is 9.37 Å². The highest BCUT2D eigenvalue weighted by Gasteiger charge is 2.23. The standard InChI is InChI=1S/C14H15ClFN3/c1-9-7-19(14(17-9)18-11-3-4-11)8-10-2-5-13(16)12(15)6-10/h2,5-7,11H,3-4,8H2,1H3,(H,17,18). The maximum absolute atomic E-state index is 13.1. The smallest absolute Gasteiger partial charge is 0.203 e. The van der Waals surface area contributed by atoms with Gasteiger partial charge in [0, 0.05) is 12.2 Å². The number of anilines is 1. The molecule has 2 aromatic rings. The van der Waals surface area contributed by atoms with Crippen LogP contribution in [0.5, 0.6) is 0 Å². The van der Waals surface area contributed by atoms with E-state index in [1.54, 1.807) is 12.1 Å². The van der Waals surface area contributed by atoms with Gasteiger partial charge in [0.15, 0.2) is 0 Å². The Morgan fingerprint density at radius 3 is 2.95 bits per heavy atom. The Labute approximate surface area is 116 Å². The largest absolute Gasteiger partial charge is 0.353 e. The van der Waals surface area contributed by atoms with Crippen molar-refractivity contribution in [3.63, 3.8) is 0 Å². The fourth-order valence-electron chi connectivity index (χ4n) is 2.03. The molecule has 3 nitrogen and oxygen atoms in total. The molecule has 1 aliphatic rings. The first-order valence-electron chi connectivity index (χ1n) is 6.36. The summed E-state index contributed by atoms with van der Waals surface area (Å²) in [5.74, 6) is 0.490. The maximum Gasteiger partial charge on any atom is 0.203 e. The van der Waals surface area contributed by atoms with Crippen molar-refractivity contribution in [2.75, 3.05) is 5.32 Å². The minimum absolute atomic E-state index is 0.158. The Morgan fingerprint density at radius 1 is 1.47 bits per heavy atom. The zero-order valence-electron chi connectivity index (χ0n) is 10.7. The molecule has 19 heavy (non-hydrogen) atoms. The molecule has 5 heteroatoms. The number of rotatable bonds is 4. The summed E-state index contributed by atoms with van der Waals surface area (Å²) >= 11 is 5.80. The van der Waals surface area contributed by atoms with Crippen LogP contribution >= 0.6 is 11.6 Å². The second-order valence-corrected chi connectivity index (χ2v) is 5.41. The molecule has 0 amide bonds. The highest BCUT2D eigenvalue weighted by molar-refractivity contribution is 6.30. The summed E-state index contributed by atoms with van der Waals surface area (Å²) in [5, 5.41) is 3.55. The van der Waals surface area contributed by atoms with Crippen molar-refractivity contribution in [2.45, 2.75) is 32.4 Å². The minimum Gasteiger partial charge on any atom is -0.353 e. The highest BCUT2D eigenvalue weighted by atomic mass is 35.5. The molecule has 1 N–H and O–H groups in total. The van der Waals surface area contributed by atoms with E-state index in [-0.39, 0.29) is 10.8 Å². The van der Waals surface area contributed by atoms with Gasteiger partial charge in [0.05, 0.1) is 17.3 Å². The van der Waals surface area contributed by atoms with Gasteiger partial charge in [0.25, 0.3) is 0 Å². The van der Waals surface area contributed by atoms with E-state index in [1.807, 2.05) is 17.7 Å². The van der Waals surface area contributed by atoms with Gasteiger partial charge in [0.2, 0.25) is 5.95 Å². The second kappa shape index (κ2) is 4.85. The lowest BCUT2D eigenvalue weighted by molar-refractivity contribution is 0.626. The molecule has 0 spiro atoms. The molecule has 0 bridgehead atoms. The molecular weight excluding hydrogens is 265 g/mol. The van der Waals surface area contributed by atoms with Crippen molar-refractivity contribution in [1.82, 2.24) is 9.55 Å². The molecule has 100 valence electrons. The van der Waals surface area contributed by atoms with E-state index in [2.05, 4.69) is 10.3 Å². The lowest BCUT2D eigenvalue weighted by atomic mass is 10.2. The zero-order valence-corrected chi connectivity index (χ0v) is 11.4. The maximum atomic E-state index is 13.1. The predicted molar refractivity (Wildman–Crippen MR) is 74.1 cm³/mol. The molecule has 0 aliphatic heterocycles. The SMILES string of the molecule is Cc1cn(Cc2ccc(F)c(Cl)c2)c(NC2CC2)n1. The number of nitrogens with zero attached hydrogens (tertiary/aromatic N) is 2. The first-order chi connectivity index (χ1) is 9.11. The number of hydrogen-bond donors (Lipinski definition) is 1. The Bertz CT molecular complexity index is 605. The third-order valence-corrected chi connectivity index (χ3v) is 3.43. The van der Waals surface area contributed by atoms with Crippen LogP contribution in [0.15, 0.2) is 24.4 Å². The number of benzene rings is 1. The first kappa shape index (κ1) is 12.5. The lowest BCUT2D eigenvalue weighted by Gasteiger charge is -2.09. The van der Waals surface area contributed by atoms with Crippen molar-refractivity contribution in [2.24, 2.45) is 0 Å². The average molecular weight is 280 g/mol. The van der Waals surface area contributed by atoms with Crippen LogP contribution in [0, 0.1) is 12.7 Å². The third kappa shape index (κ3) is 2.89. The normalized spacial score (nSPS) is 14.7. The summed E-state index contributed by atoms with van der Waals surface area (Å²) in [6.45, 7) is 2.60. The van der Waals surface area contributed by atoms with Crippen LogP contribution in [0.1, 0.15) is 24.1 Å². The molecule has 1 aliphatic carbocycles. The molecule has 0 saturated heterocycles. The summed E-state index contributed by atoms with van der Waals surface area (Å²) in [7, 11) is 0. The third-order valence-electron chi connectivity index (χ3n) is 3.14. The zero-order chi connectivity index (χ0) is 13.4. The van der Waals surface area contributed by atoms with Crippen LogP contribution in [0.4, 0.5) is 10.3 Å². The van der Waals surface area contributed by atoms with E-state index in [4.69, 9.17) is 11.6 Å². The van der Waals surface area contributed by atoms with Crippen molar-refractivity contribution in [3.05, 3.63) is 46.5 Å². The van der Waals surface area contributed by atoms with Gasteiger partial charge in [-0.1, -0.05) is 17.7 Å². The van der Waals surface area contributed by atoms with Crippen LogP contribution in [-0.4, -0.2) is 15.6 Å². The van der Waals surface area contributed by atoms with Crippen molar-refractivity contribution < 1.29 is 4.39 Å². The molecule has 1 heterocycles. The van der Waals surface area contributed by atoms with Gasteiger partial charge >= 0.3 is 0 Å². The van der Waals surface area contributed by atoms with Crippen LogP contribution < -0.4 is 5.32 Å². The van der Waals surface area contributed by atoms with Gasteiger partial charge in [0.1, 0.15) is 5.82 Å². The van der Waals surface area contributed by atoms with Crippen molar-refractivity contribution in [3.8, 4) is 0 Å². The topological polar surface area (TPSA) is 29.9 Å². The predicted octanol–water partition coefficient (Wildman–Crippen LogP) is 3.61. The fourth-order valence-corrected chi connectivity index (χ4v) is 2.23. The van der Waals surface area contributed by atoms with E-state index in [9.17, 15) is 4.39 Å². The minimum atomic E-state index is -0.386. The van der Waals surface area contributed by atoms with Gasteiger partial charge in [-0.2, -0.15) is 0 Å². The molecule has 0 unspecified atom stereocenters. The monoisotopic (exact) mass is 279 g/mol. The van der Waals surface area contributed by atoms with Crippen LogP contribution in [0.25, 0.3) is 0 Å². The highest BCUT2D eigenvalue weighted by Crippen LogP contribution is 2.25. The Balaban J connectivity index is 1.83. The van der Waals surface area contributed by atoms with Crippen LogP contribution in [-0.2, 0) is 6.54 Å². The molecule has 1 aromatic heterocycles. The van der Waals surface area contributed by atoms with Crippen LogP contribution in [0.2, 0.25) is 5.02 Å². The summed E-state index contributed by atoms with van der Waals surface area (Å²) in [6, 6.07) is 5.36. The molecular formula is C14H15ClFN3. The number of aryl methyl sites for hydroxylation is 1. The van der Waals surface area contributed by atoms with Gasteiger partial charge in [-0.3, -0.25) is 0 Å². The Kier molecular flexibility index (Phi) is 3.19. The fraction of sp³-hybridized carbons (Fsp3) is 0.357. The number of aromatic nitrogens is 2. The van der Waals surface area contributed by atoms with E-state index in [1.165, 1.54) is 18.9 Å². The van der Waals surface area contributed by atoms with Crippen molar-refractivity contribution in [1.29, 1.82) is 0 Å². The Hall–Kier alpha value is -1.55. The summed E-state index contributed by atoms with van der Waals surface area (Å²) < 4.78 is 15.2. The second-order valence-electron chi connectivity index (χ2n) is 5.00. The van der Waals surface area contributed by atoms with Crippen LogP contribution in [0.3, 0.4) is 0 Å². The molecule has 0 atom stereocenters. The van der Waals surface area contributed by atoms with E-state index >= 15 is 0 Å². The molecule has 1 saturated carbocycles. The summed E-state index contributed by atoms with van der Waals surface area (Å²) in [4.78, 5) is 4.47. The van der Waals surface area contributed by atoms with Crippen molar-refractivity contribution >= 4 is 17.5 Å². The van der Waals surface area contributed by atoms with E-state index < -0.39 is 0 Å². The average Bonchev–Trinajstić information content (AvgIpc) is 3.10. The molecule has 1 aromatic carbocycles. The lowest BCUT2D eigenvalue weighted by Crippen LogP contribution is -2.09. The number of imidazole rings is 1. The first-order valence-corrected chi connectivity index (χ1v) is 6.74. The van der Waals surface area contributed by atoms with Gasteiger partial charge < -0.3 is 9.88 Å². The number of hydrogen-bond acceptors (Lipinski definition) is 2. The quantitative estimate of drug-likeness (QED) is 0.927. The number of nitrogens with one attached hydrogen (secondary N) is 1. The summed E-state index contributed by atoms with van der Waals surface area (Å²) in [6.07, 6.45) is 4.39. The number of halogens is 2.